The summed E-state index contributed by atoms with van der Waals surface area (Å²) in [5.41, 5.74) is 0.862. The van der Waals surface area contributed by atoms with Crippen LogP contribution < -0.4 is 0 Å². The number of esters is 1. The molecule has 0 saturated heterocycles. The Morgan fingerprint density at radius 1 is 1.56 bits per heavy atom. The molecule has 0 aliphatic carbocycles. The molecule has 1 aromatic carbocycles. The van der Waals surface area contributed by atoms with Crippen LogP contribution in [0.2, 0.25) is 0 Å². The number of methoxy groups -OCH3 is 1. The van der Waals surface area contributed by atoms with Crippen LogP contribution in [0.3, 0.4) is 0 Å². The average Bonchev–Trinajstić information content (AvgIpc) is 2.40. The minimum atomic E-state index is -0.495. The summed E-state index contributed by atoms with van der Waals surface area (Å²) >= 11 is 0. The van der Waals surface area contributed by atoms with Crippen molar-refractivity contribution < 1.29 is 9.53 Å². The zero-order valence-corrected chi connectivity index (χ0v) is 10.5. The SMILES string of the molecule is C#CCN(CC=C)[C@H](C(=O)OC)c1ccccc1. The van der Waals surface area contributed by atoms with Gasteiger partial charge in [-0.25, -0.2) is 4.79 Å². The molecule has 1 rings (SSSR count). The lowest BCUT2D eigenvalue weighted by atomic mass is 10.1. The second-order valence-corrected chi connectivity index (χ2v) is 3.76. The minimum Gasteiger partial charge on any atom is -0.468 e. The molecule has 0 radical (unpaired) electrons. The van der Waals surface area contributed by atoms with E-state index in [0.717, 1.165) is 5.56 Å². The van der Waals surface area contributed by atoms with Crippen LogP contribution in [0, 0.1) is 12.3 Å². The van der Waals surface area contributed by atoms with Crippen molar-refractivity contribution >= 4 is 5.97 Å². The second kappa shape index (κ2) is 7.31. The van der Waals surface area contributed by atoms with Crippen LogP contribution in [0.1, 0.15) is 11.6 Å². The summed E-state index contributed by atoms with van der Waals surface area (Å²) < 4.78 is 4.86. The average molecular weight is 243 g/mol. The van der Waals surface area contributed by atoms with Crippen molar-refractivity contribution in [2.45, 2.75) is 6.04 Å². The summed E-state index contributed by atoms with van der Waals surface area (Å²) in [6.45, 7) is 4.57. The highest BCUT2D eigenvalue weighted by Crippen LogP contribution is 2.21. The first-order valence-corrected chi connectivity index (χ1v) is 5.65. The molecule has 3 nitrogen and oxygen atoms in total. The zero-order valence-electron chi connectivity index (χ0n) is 10.5. The van der Waals surface area contributed by atoms with E-state index >= 15 is 0 Å². The molecule has 1 aromatic rings. The zero-order chi connectivity index (χ0) is 13.4. The van der Waals surface area contributed by atoms with Crippen LogP contribution in [0.5, 0.6) is 0 Å². The Hall–Kier alpha value is -2.05. The van der Waals surface area contributed by atoms with E-state index in [1.54, 1.807) is 6.08 Å². The maximum atomic E-state index is 11.9. The smallest absolute Gasteiger partial charge is 0.327 e. The van der Waals surface area contributed by atoms with Crippen molar-refractivity contribution in [2.75, 3.05) is 20.2 Å². The van der Waals surface area contributed by atoms with Gasteiger partial charge < -0.3 is 4.74 Å². The van der Waals surface area contributed by atoms with Crippen molar-refractivity contribution in [3.63, 3.8) is 0 Å². The monoisotopic (exact) mass is 243 g/mol. The van der Waals surface area contributed by atoms with Crippen molar-refractivity contribution in [2.24, 2.45) is 0 Å². The lowest BCUT2D eigenvalue weighted by molar-refractivity contribution is -0.146. The summed E-state index contributed by atoms with van der Waals surface area (Å²) in [6.07, 6.45) is 7.06. The lowest BCUT2D eigenvalue weighted by Gasteiger charge is -2.27. The van der Waals surface area contributed by atoms with Gasteiger partial charge in [-0.15, -0.1) is 13.0 Å². The van der Waals surface area contributed by atoms with Gasteiger partial charge in [0.1, 0.15) is 6.04 Å². The van der Waals surface area contributed by atoms with Crippen molar-refractivity contribution in [3.05, 3.63) is 48.6 Å². The Bertz CT molecular complexity index is 434. The highest BCUT2D eigenvalue weighted by molar-refractivity contribution is 5.77. The summed E-state index contributed by atoms with van der Waals surface area (Å²) in [6, 6.07) is 8.94. The fraction of sp³-hybridized carbons (Fsp3) is 0.267. The van der Waals surface area contributed by atoms with Crippen LogP contribution in [0.4, 0.5) is 0 Å². The van der Waals surface area contributed by atoms with E-state index in [0.29, 0.717) is 13.1 Å². The van der Waals surface area contributed by atoms with Gasteiger partial charge in [0.25, 0.3) is 0 Å². The molecule has 0 aliphatic heterocycles. The molecule has 0 bridgehead atoms. The predicted octanol–water partition coefficient (Wildman–Crippen LogP) is 2.02. The molecule has 0 fully saturated rings. The van der Waals surface area contributed by atoms with Gasteiger partial charge in [0, 0.05) is 6.54 Å². The number of terminal acetylenes is 1. The molecule has 0 saturated carbocycles. The van der Waals surface area contributed by atoms with Crippen LogP contribution in [0.25, 0.3) is 0 Å². The second-order valence-electron chi connectivity index (χ2n) is 3.76. The minimum absolute atomic E-state index is 0.321. The predicted molar refractivity (Wildman–Crippen MR) is 71.8 cm³/mol. The van der Waals surface area contributed by atoms with Gasteiger partial charge in [-0.1, -0.05) is 42.3 Å². The third-order valence-electron chi connectivity index (χ3n) is 2.56. The number of benzene rings is 1. The van der Waals surface area contributed by atoms with Crippen molar-refractivity contribution in [3.8, 4) is 12.3 Å². The van der Waals surface area contributed by atoms with E-state index in [2.05, 4.69) is 12.5 Å². The van der Waals surface area contributed by atoms with Gasteiger partial charge >= 0.3 is 5.97 Å². The standard InChI is InChI=1S/C15H17NO2/c1-4-11-16(12-5-2)14(15(17)18-3)13-9-7-6-8-10-13/h1,5-10,14H,2,11-12H2,3H3/t14-/m0/s1. The molecule has 0 aromatic heterocycles. The van der Waals surface area contributed by atoms with Crippen LogP contribution in [-0.2, 0) is 9.53 Å². The number of nitrogens with zero attached hydrogens (tertiary/aromatic N) is 1. The van der Waals surface area contributed by atoms with E-state index in [1.165, 1.54) is 7.11 Å². The van der Waals surface area contributed by atoms with Gasteiger partial charge in [-0.2, -0.15) is 0 Å². The summed E-state index contributed by atoms with van der Waals surface area (Å²) in [7, 11) is 1.38. The first-order valence-electron chi connectivity index (χ1n) is 5.65. The fourth-order valence-electron chi connectivity index (χ4n) is 1.79. The number of carbonyl (C=O) groups excluding carboxylic acids is 1. The molecule has 0 heterocycles. The third kappa shape index (κ3) is 3.47. The first-order chi connectivity index (χ1) is 8.74. The van der Waals surface area contributed by atoms with E-state index in [9.17, 15) is 4.79 Å². The maximum Gasteiger partial charge on any atom is 0.327 e. The molecule has 94 valence electrons. The topological polar surface area (TPSA) is 29.5 Å². The lowest BCUT2D eigenvalue weighted by Crippen LogP contribution is -2.35. The Morgan fingerprint density at radius 2 is 2.22 bits per heavy atom. The highest BCUT2D eigenvalue weighted by Gasteiger charge is 2.27. The van der Waals surface area contributed by atoms with E-state index in [-0.39, 0.29) is 5.97 Å². The molecule has 0 N–H and O–H groups in total. The van der Waals surface area contributed by atoms with Gasteiger partial charge in [-0.05, 0) is 5.56 Å². The van der Waals surface area contributed by atoms with Crippen molar-refractivity contribution in [1.82, 2.24) is 4.90 Å². The molecule has 0 spiro atoms. The maximum absolute atomic E-state index is 11.9. The molecular formula is C15H17NO2. The van der Waals surface area contributed by atoms with Gasteiger partial charge in [-0.3, -0.25) is 4.90 Å². The Kier molecular flexibility index (Phi) is 5.69. The normalized spacial score (nSPS) is 11.6. The summed E-state index contributed by atoms with van der Waals surface area (Å²) in [5, 5.41) is 0. The summed E-state index contributed by atoms with van der Waals surface area (Å²) in [5.74, 6) is 2.23. The molecular weight excluding hydrogens is 226 g/mol. The van der Waals surface area contributed by atoms with E-state index in [1.807, 2.05) is 35.2 Å². The van der Waals surface area contributed by atoms with Crippen LogP contribution in [0.15, 0.2) is 43.0 Å². The summed E-state index contributed by atoms with van der Waals surface area (Å²) in [4.78, 5) is 13.8. The molecule has 1 atom stereocenters. The number of carbonyl (C=O) groups is 1. The number of rotatable bonds is 6. The number of hydrogen-bond donors (Lipinski definition) is 0. The van der Waals surface area contributed by atoms with Gasteiger partial charge in [0.05, 0.1) is 13.7 Å². The highest BCUT2D eigenvalue weighted by atomic mass is 16.5. The number of hydrogen-bond acceptors (Lipinski definition) is 3. The Morgan fingerprint density at radius 3 is 2.72 bits per heavy atom. The molecule has 0 aliphatic rings. The molecule has 0 amide bonds. The van der Waals surface area contributed by atoms with Crippen LogP contribution >= 0.6 is 0 Å². The van der Waals surface area contributed by atoms with E-state index in [4.69, 9.17) is 11.2 Å². The fourth-order valence-corrected chi connectivity index (χ4v) is 1.79. The number of ether oxygens (including phenoxy) is 1. The Labute approximate surface area is 108 Å². The first kappa shape index (κ1) is 14.0. The molecule has 3 heteroatoms. The quantitative estimate of drug-likeness (QED) is 0.435. The Balaban J connectivity index is 3.07. The largest absolute Gasteiger partial charge is 0.468 e. The van der Waals surface area contributed by atoms with Gasteiger partial charge in [0.2, 0.25) is 0 Å². The third-order valence-corrected chi connectivity index (χ3v) is 2.56. The van der Waals surface area contributed by atoms with Crippen molar-refractivity contribution in [1.29, 1.82) is 0 Å². The molecule has 0 unspecified atom stereocenters. The van der Waals surface area contributed by atoms with Crippen LogP contribution in [-0.4, -0.2) is 31.1 Å². The van der Waals surface area contributed by atoms with E-state index < -0.39 is 6.04 Å². The molecule has 18 heavy (non-hydrogen) atoms. The van der Waals surface area contributed by atoms with Gasteiger partial charge in [0.15, 0.2) is 0 Å².